The average Bonchev–Trinajstić information content (AvgIpc) is 2.27. The molecule has 0 spiro atoms. The molecule has 0 aliphatic heterocycles. The fourth-order valence-electron chi connectivity index (χ4n) is 1.35. The van der Waals surface area contributed by atoms with Crippen LogP contribution in [0.4, 0.5) is 0 Å². The molecule has 0 fully saturated rings. The third-order valence-electron chi connectivity index (χ3n) is 2.41. The zero-order chi connectivity index (χ0) is 14.3. The Hall–Kier alpha value is -0.680. The van der Waals surface area contributed by atoms with Crippen LogP contribution in [-0.4, -0.2) is 27.6 Å². The number of allylic oxidation sites excluding steroid dienone is 1. The number of hydrogen-bond acceptors (Lipinski definition) is 3. The Labute approximate surface area is 113 Å². The Morgan fingerprint density at radius 1 is 1.39 bits per heavy atom. The van der Waals surface area contributed by atoms with Crippen molar-refractivity contribution in [1.82, 2.24) is 4.72 Å². The molecule has 2 atom stereocenters. The van der Waals surface area contributed by atoms with Gasteiger partial charge in [0, 0.05) is 0 Å². The highest BCUT2D eigenvalue weighted by atomic mass is 32.2. The minimum absolute atomic E-state index is 0.242. The van der Waals surface area contributed by atoms with Gasteiger partial charge < -0.3 is 4.74 Å². The molecule has 1 N–H and O–H groups in total. The molecule has 0 amide bonds. The van der Waals surface area contributed by atoms with E-state index in [2.05, 4.69) is 4.72 Å². The molecule has 0 aromatic rings. The van der Waals surface area contributed by atoms with Crippen molar-refractivity contribution in [3.8, 4) is 0 Å². The van der Waals surface area contributed by atoms with Crippen molar-refractivity contribution >= 4 is 17.0 Å². The summed E-state index contributed by atoms with van der Waals surface area (Å²) >= 11 is 0. The van der Waals surface area contributed by atoms with Crippen molar-refractivity contribution < 1.29 is 13.7 Å². The zero-order valence-corrected chi connectivity index (χ0v) is 13.0. The molecule has 0 unspecified atom stereocenters. The van der Waals surface area contributed by atoms with E-state index in [0.29, 0.717) is 18.6 Å². The Kier molecular flexibility index (Phi) is 7.40. The number of rotatable bonds is 6. The van der Waals surface area contributed by atoms with E-state index in [9.17, 15) is 9.00 Å². The summed E-state index contributed by atoms with van der Waals surface area (Å²) in [6.45, 7) is 11.5. The van der Waals surface area contributed by atoms with Crippen LogP contribution in [0.25, 0.3) is 0 Å². The molecule has 18 heavy (non-hydrogen) atoms. The van der Waals surface area contributed by atoms with E-state index < -0.39 is 11.0 Å². The summed E-state index contributed by atoms with van der Waals surface area (Å²) in [6, 6.07) is -0.242. The first-order valence-electron chi connectivity index (χ1n) is 6.29. The first-order chi connectivity index (χ1) is 8.27. The first-order valence-corrected chi connectivity index (χ1v) is 7.44. The Bertz CT molecular complexity index is 332. The lowest BCUT2D eigenvalue weighted by Gasteiger charge is -2.24. The molecule has 5 heteroatoms. The summed E-state index contributed by atoms with van der Waals surface area (Å²) in [5, 5.41) is 0. The zero-order valence-electron chi connectivity index (χ0n) is 12.2. The van der Waals surface area contributed by atoms with Gasteiger partial charge in [0.15, 0.2) is 0 Å². The number of carbonyl (C=O) groups is 1. The van der Waals surface area contributed by atoms with Gasteiger partial charge in [-0.05, 0) is 41.0 Å². The van der Waals surface area contributed by atoms with Crippen LogP contribution in [0, 0.1) is 0 Å². The fraction of sp³-hybridized carbons (Fsp3) is 0.769. The van der Waals surface area contributed by atoms with Crippen LogP contribution >= 0.6 is 0 Å². The lowest BCUT2D eigenvalue weighted by molar-refractivity contribution is -0.138. The quantitative estimate of drug-likeness (QED) is 0.598. The fourth-order valence-corrected chi connectivity index (χ4v) is 2.25. The van der Waals surface area contributed by atoms with E-state index >= 15 is 0 Å². The van der Waals surface area contributed by atoms with Gasteiger partial charge in [-0.15, -0.1) is 0 Å². The maximum atomic E-state index is 12.1. The second-order valence-electron chi connectivity index (χ2n) is 4.92. The maximum absolute atomic E-state index is 12.1. The van der Waals surface area contributed by atoms with Gasteiger partial charge in [-0.3, -0.25) is 0 Å². The highest BCUT2D eigenvalue weighted by Crippen LogP contribution is 2.14. The van der Waals surface area contributed by atoms with Crippen molar-refractivity contribution in [2.24, 2.45) is 0 Å². The standard InChI is InChI=1S/C13H25NO3S/c1-7-10(12(15)17-9-3)11(8-2)14-18(16)13(4,5)6/h7,11,14H,8-9H2,1-6H3/b10-7-/t11-,18+/m0/s1. The van der Waals surface area contributed by atoms with E-state index in [1.807, 2.05) is 27.7 Å². The molecule has 0 heterocycles. The van der Waals surface area contributed by atoms with Crippen LogP contribution in [0.1, 0.15) is 48.0 Å². The van der Waals surface area contributed by atoms with Crippen molar-refractivity contribution in [2.45, 2.75) is 58.8 Å². The Morgan fingerprint density at radius 3 is 2.28 bits per heavy atom. The van der Waals surface area contributed by atoms with Crippen LogP contribution in [0.15, 0.2) is 11.6 Å². The molecule has 0 saturated heterocycles. The molecule has 0 radical (unpaired) electrons. The van der Waals surface area contributed by atoms with Gasteiger partial charge in [0.2, 0.25) is 0 Å². The maximum Gasteiger partial charge on any atom is 0.335 e. The van der Waals surface area contributed by atoms with Gasteiger partial charge in [0.1, 0.15) is 0 Å². The highest BCUT2D eigenvalue weighted by Gasteiger charge is 2.26. The summed E-state index contributed by atoms with van der Waals surface area (Å²) < 4.78 is 19.7. The normalized spacial score (nSPS) is 16.2. The molecule has 0 aliphatic rings. The number of ether oxygens (including phenoxy) is 1. The predicted molar refractivity (Wildman–Crippen MR) is 75.5 cm³/mol. The topological polar surface area (TPSA) is 55.4 Å². The largest absolute Gasteiger partial charge is 0.463 e. The SMILES string of the molecule is C/C=C(\C(=O)OCC)[C@H](CC)N[S@](=O)C(C)(C)C. The van der Waals surface area contributed by atoms with E-state index in [0.717, 1.165) is 0 Å². The van der Waals surface area contributed by atoms with Crippen LogP contribution in [0.5, 0.6) is 0 Å². The molecule has 0 rings (SSSR count). The monoisotopic (exact) mass is 275 g/mol. The smallest absolute Gasteiger partial charge is 0.335 e. The average molecular weight is 275 g/mol. The summed E-state index contributed by atoms with van der Waals surface area (Å²) in [5.41, 5.74) is 0.539. The third kappa shape index (κ3) is 5.31. The van der Waals surface area contributed by atoms with Crippen LogP contribution in [0.3, 0.4) is 0 Å². The molecule has 106 valence electrons. The second kappa shape index (κ2) is 7.69. The van der Waals surface area contributed by atoms with Gasteiger partial charge in [0.25, 0.3) is 0 Å². The Balaban J connectivity index is 4.86. The number of carbonyl (C=O) groups excluding carboxylic acids is 1. The molecule has 0 aromatic carbocycles. The van der Waals surface area contributed by atoms with E-state index in [4.69, 9.17) is 4.74 Å². The van der Waals surface area contributed by atoms with Crippen LogP contribution < -0.4 is 4.72 Å². The van der Waals surface area contributed by atoms with Crippen molar-refractivity contribution in [3.63, 3.8) is 0 Å². The van der Waals surface area contributed by atoms with Gasteiger partial charge in [0.05, 0.1) is 34.0 Å². The van der Waals surface area contributed by atoms with Crippen molar-refractivity contribution in [1.29, 1.82) is 0 Å². The highest BCUT2D eigenvalue weighted by molar-refractivity contribution is 7.84. The van der Waals surface area contributed by atoms with Crippen LogP contribution in [0.2, 0.25) is 0 Å². The van der Waals surface area contributed by atoms with Crippen molar-refractivity contribution in [3.05, 3.63) is 11.6 Å². The minimum Gasteiger partial charge on any atom is -0.463 e. The number of hydrogen-bond donors (Lipinski definition) is 1. The summed E-state index contributed by atoms with van der Waals surface area (Å²) in [6.07, 6.45) is 2.40. The second-order valence-corrected chi connectivity index (χ2v) is 6.92. The molecule has 0 saturated carbocycles. The third-order valence-corrected chi connectivity index (χ3v) is 4.02. The molecular formula is C13H25NO3S. The molecule has 4 nitrogen and oxygen atoms in total. The van der Waals surface area contributed by atoms with E-state index in [1.165, 1.54) is 0 Å². The van der Waals surface area contributed by atoms with Gasteiger partial charge in [-0.25, -0.2) is 13.7 Å². The number of nitrogens with one attached hydrogen (secondary N) is 1. The van der Waals surface area contributed by atoms with E-state index in [1.54, 1.807) is 19.9 Å². The summed E-state index contributed by atoms with van der Waals surface area (Å²) in [7, 11) is -1.21. The minimum atomic E-state index is -1.21. The number of esters is 1. The van der Waals surface area contributed by atoms with Crippen molar-refractivity contribution in [2.75, 3.05) is 6.61 Å². The molecular weight excluding hydrogens is 250 g/mol. The summed E-state index contributed by atoms with van der Waals surface area (Å²) in [5.74, 6) is -0.342. The van der Waals surface area contributed by atoms with Gasteiger partial charge in [-0.2, -0.15) is 0 Å². The van der Waals surface area contributed by atoms with Crippen LogP contribution in [-0.2, 0) is 20.5 Å². The van der Waals surface area contributed by atoms with Gasteiger partial charge >= 0.3 is 5.97 Å². The lowest BCUT2D eigenvalue weighted by atomic mass is 10.1. The summed E-state index contributed by atoms with van der Waals surface area (Å²) in [4.78, 5) is 11.8. The Morgan fingerprint density at radius 2 is 1.94 bits per heavy atom. The molecule has 0 aromatic heterocycles. The predicted octanol–water partition coefficient (Wildman–Crippen LogP) is 2.33. The molecule has 0 bridgehead atoms. The molecule has 0 aliphatic carbocycles. The van der Waals surface area contributed by atoms with Gasteiger partial charge in [-0.1, -0.05) is 13.0 Å². The lowest BCUT2D eigenvalue weighted by Crippen LogP contribution is -2.42. The first kappa shape index (κ1) is 17.3. The van der Waals surface area contributed by atoms with E-state index in [-0.39, 0.29) is 16.8 Å².